The Hall–Kier alpha value is -0.465. The summed E-state index contributed by atoms with van der Waals surface area (Å²) in [6, 6.07) is 0.897. The summed E-state index contributed by atoms with van der Waals surface area (Å²) in [5, 5.41) is 0.526. The van der Waals surface area contributed by atoms with Crippen molar-refractivity contribution >= 4 is 13.2 Å². The lowest BCUT2D eigenvalue weighted by atomic mass is 9.27. The van der Waals surface area contributed by atoms with Crippen molar-refractivity contribution in [3.05, 3.63) is 0 Å². The molecule has 1 saturated carbocycles. The van der Waals surface area contributed by atoms with Crippen LogP contribution in [-0.2, 0) is 4.79 Å². The zero-order chi connectivity index (χ0) is 15.2. The number of hydrogen-bond acceptors (Lipinski definition) is 1. The number of nitrogens with zero attached hydrogens (tertiary/aromatic N) is 1. The molecule has 4 rings (SSSR count). The van der Waals surface area contributed by atoms with Gasteiger partial charge < -0.3 is 4.90 Å². The van der Waals surface area contributed by atoms with E-state index in [1.165, 1.54) is 38.5 Å². The van der Waals surface area contributed by atoms with Gasteiger partial charge in [0.25, 0.3) is 0 Å². The summed E-state index contributed by atoms with van der Waals surface area (Å²) in [6.07, 6.45) is 8.68. The average Bonchev–Trinajstić information content (AvgIpc) is 2.67. The fourth-order valence-electron chi connectivity index (χ4n) is 5.34. The first kappa shape index (κ1) is 15.4. The fraction of sp³-hybridized carbons (Fsp3) is 0.944. The fourth-order valence-corrected chi connectivity index (χ4v) is 5.34. The van der Waals surface area contributed by atoms with Crippen LogP contribution in [-0.4, -0.2) is 30.2 Å². The van der Waals surface area contributed by atoms with Crippen molar-refractivity contribution < 1.29 is 4.79 Å². The summed E-state index contributed by atoms with van der Waals surface area (Å²) < 4.78 is 0. The van der Waals surface area contributed by atoms with Gasteiger partial charge in [-0.15, -0.1) is 0 Å². The van der Waals surface area contributed by atoms with Crippen LogP contribution >= 0.6 is 0 Å². The van der Waals surface area contributed by atoms with E-state index in [4.69, 9.17) is 0 Å². The molecular formula is C18H31BNO. The number of carbonyl (C=O) groups excluding carboxylic acids is 1. The highest BCUT2D eigenvalue weighted by molar-refractivity contribution is 6.46. The third-order valence-corrected chi connectivity index (χ3v) is 6.54. The van der Waals surface area contributed by atoms with Gasteiger partial charge in [-0.3, -0.25) is 4.79 Å². The molecule has 3 saturated heterocycles. The van der Waals surface area contributed by atoms with E-state index in [0.717, 1.165) is 18.2 Å². The van der Waals surface area contributed by atoms with E-state index in [0.29, 0.717) is 29.2 Å². The lowest BCUT2D eigenvalue weighted by Gasteiger charge is -2.52. The van der Waals surface area contributed by atoms with E-state index in [9.17, 15) is 4.79 Å². The van der Waals surface area contributed by atoms with Gasteiger partial charge in [0.2, 0.25) is 5.91 Å². The molecule has 0 spiro atoms. The molecule has 2 bridgehead atoms. The van der Waals surface area contributed by atoms with E-state index in [2.05, 4.69) is 39.9 Å². The van der Waals surface area contributed by atoms with E-state index in [1.807, 2.05) is 0 Å². The summed E-state index contributed by atoms with van der Waals surface area (Å²) >= 11 is 0. The molecule has 0 aromatic rings. The Labute approximate surface area is 131 Å². The molecule has 0 aromatic heterocycles. The van der Waals surface area contributed by atoms with Crippen LogP contribution < -0.4 is 0 Å². The smallest absolute Gasteiger partial charge is 0.223 e. The predicted molar refractivity (Wildman–Crippen MR) is 88.6 cm³/mol. The molecule has 1 radical (unpaired) electrons. The van der Waals surface area contributed by atoms with Gasteiger partial charge in [0.1, 0.15) is 7.28 Å². The van der Waals surface area contributed by atoms with Crippen LogP contribution in [0.2, 0.25) is 11.1 Å². The Bertz CT molecular complexity index is 400. The molecule has 4 aliphatic rings. The molecular weight excluding hydrogens is 257 g/mol. The Morgan fingerprint density at radius 3 is 2.57 bits per heavy atom. The van der Waals surface area contributed by atoms with Crippen LogP contribution in [0.4, 0.5) is 0 Å². The first-order valence-electron chi connectivity index (χ1n) is 9.10. The highest BCUT2D eigenvalue weighted by atomic mass is 16.2. The van der Waals surface area contributed by atoms with Crippen LogP contribution in [0.25, 0.3) is 0 Å². The van der Waals surface area contributed by atoms with Crippen molar-refractivity contribution in [2.24, 2.45) is 11.8 Å². The second-order valence-electron chi connectivity index (χ2n) is 8.43. The van der Waals surface area contributed by atoms with E-state index < -0.39 is 0 Å². The molecule has 21 heavy (non-hydrogen) atoms. The van der Waals surface area contributed by atoms with Crippen LogP contribution in [0.1, 0.15) is 72.6 Å². The van der Waals surface area contributed by atoms with Crippen LogP contribution in [0.5, 0.6) is 0 Å². The van der Waals surface area contributed by atoms with Gasteiger partial charge in [-0.25, -0.2) is 0 Å². The van der Waals surface area contributed by atoms with Gasteiger partial charge >= 0.3 is 0 Å². The van der Waals surface area contributed by atoms with Crippen LogP contribution in [0.3, 0.4) is 0 Å². The normalized spacial score (nSPS) is 40.0. The lowest BCUT2D eigenvalue weighted by Crippen LogP contribution is -2.44. The summed E-state index contributed by atoms with van der Waals surface area (Å²) in [7, 11) is 2.67. The molecule has 3 aliphatic heterocycles. The number of fused-ring (bicyclic) bond motifs is 3. The van der Waals surface area contributed by atoms with Crippen molar-refractivity contribution in [3.8, 4) is 0 Å². The molecule has 4 fully saturated rings. The second kappa shape index (κ2) is 5.63. The molecule has 1 amide bonds. The van der Waals surface area contributed by atoms with Crippen LogP contribution in [0.15, 0.2) is 0 Å². The molecule has 117 valence electrons. The zero-order valence-electron chi connectivity index (χ0n) is 14.3. The molecule has 0 aromatic carbocycles. The van der Waals surface area contributed by atoms with E-state index in [1.54, 1.807) is 0 Å². The lowest BCUT2D eigenvalue weighted by molar-refractivity contribution is -0.130. The van der Waals surface area contributed by atoms with Gasteiger partial charge in [0, 0.05) is 18.5 Å². The first-order chi connectivity index (χ1) is 9.93. The maximum absolute atomic E-state index is 12.4. The Morgan fingerprint density at radius 1 is 1.24 bits per heavy atom. The van der Waals surface area contributed by atoms with Crippen molar-refractivity contribution in [1.29, 1.82) is 0 Å². The minimum atomic E-state index is 0.371. The van der Waals surface area contributed by atoms with Crippen molar-refractivity contribution in [2.75, 3.05) is 0 Å². The van der Waals surface area contributed by atoms with Gasteiger partial charge in [-0.05, 0) is 32.1 Å². The van der Waals surface area contributed by atoms with Crippen molar-refractivity contribution in [1.82, 2.24) is 4.90 Å². The Morgan fingerprint density at radius 2 is 1.95 bits per heavy atom. The minimum Gasteiger partial charge on any atom is -0.337 e. The summed E-state index contributed by atoms with van der Waals surface area (Å²) in [5.74, 6) is 2.58. The van der Waals surface area contributed by atoms with Crippen LogP contribution in [0, 0.1) is 11.8 Å². The van der Waals surface area contributed by atoms with Gasteiger partial charge in [-0.1, -0.05) is 57.1 Å². The Balaban J connectivity index is 1.73. The largest absolute Gasteiger partial charge is 0.337 e. The monoisotopic (exact) mass is 288 g/mol. The van der Waals surface area contributed by atoms with Gasteiger partial charge in [-0.2, -0.15) is 0 Å². The SMILES string of the molecule is CC(C)N1C(=O)CC2CC3[B]C(C(C)C)(CCCCC21)C3. The van der Waals surface area contributed by atoms with E-state index >= 15 is 0 Å². The highest BCUT2D eigenvalue weighted by Crippen LogP contribution is 2.60. The number of amides is 1. The summed E-state index contributed by atoms with van der Waals surface area (Å²) in [6.45, 7) is 9.14. The number of likely N-dealkylation sites (tertiary alicyclic amines) is 1. The predicted octanol–water partition coefficient (Wildman–Crippen LogP) is 4.29. The van der Waals surface area contributed by atoms with Crippen molar-refractivity contribution in [3.63, 3.8) is 0 Å². The molecule has 3 heterocycles. The Kier molecular flexibility index (Phi) is 4.13. The van der Waals surface area contributed by atoms with Gasteiger partial charge in [0.15, 0.2) is 0 Å². The molecule has 4 atom stereocenters. The number of carbonyl (C=O) groups is 1. The molecule has 0 N–H and O–H groups in total. The topological polar surface area (TPSA) is 20.3 Å². The van der Waals surface area contributed by atoms with Crippen molar-refractivity contribution in [2.45, 2.75) is 95.9 Å². The minimum absolute atomic E-state index is 0.371. The maximum atomic E-state index is 12.4. The molecule has 4 unspecified atom stereocenters. The number of rotatable bonds is 2. The second-order valence-corrected chi connectivity index (χ2v) is 8.43. The first-order valence-corrected chi connectivity index (χ1v) is 9.10. The maximum Gasteiger partial charge on any atom is 0.223 e. The quantitative estimate of drug-likeness (QED) is 0.694. The standard InChI is InChI=1S/C18H31BNO/c1-12(2)18-8-6-5-7-16-14(9-15(11-18)19-18)10-17(21)20(16)13(3)4/h12-16H,5-11H2,1-4H3. The highest BCUT2D eigenvalue weighted by Gasteiger charge is 2.50. The average molecular weight is 288 g/mol. The zero-order valence-corrected chi connectivity index (χ0v) is 14.3. The molecule has 3 heteroatoms. The summed E-state index contributed by atoms with van der Waals surface area (Å²) in [4.78, 5) is 14.6. The molecule has 1 aliphatic carbocycles. The molecule has 2 nitrogen and oxygen atoms in total. The number of hydrogen-bond donors (Lipinski definition) is 0. The summed E-state index contributed by atoms with van der Waals surface area (Å²) in [5.41, 5.74) is 0. The third kappa shape index (κ3) is 2.66. The van der Waals surface area contributed by atoms with E-state index in [-0.39, 0.29) is 0 Å². The van der Waals surface area contributed by atoms with Gasteiger partial charge in [0.05, 0.1) is 0 Å². The third-order valence-electron chi connectivity index (χ3n) is 6.54.